The Balaban J connectivity index is 1.33. The molecule has 6 heteroatoms. The van der Waals surface area contributed by atoms with Gasteiger partial charge in [0.1, 0.15) is 30.2 Å². The topological polar surface area (TPSA) is 58.5 Å². The van der Waals surface area contributed by atoms with Crippen molar-refractivity contribution in [3.05, 3.63) is 113 Å². The second-order valence-electron chi connectivity index (χ2n) is 13.1. The number of ether oxygens (including phenoxy) is 5. The Labute approximate surface area is 255 Å². The average Bonchev–Trinajstić information content (AvgIpc) is 3.36. The maximum Gasteiger partial charge on any atom is 0.190 e. The smallest absolute Gasteiger partial charge is 0.190 e. The third kappa shape index (κ3) is 6.63. The molecule has 0 spiro atoms. The van der Waals surface area contributed by atoms with Gasteiger partial charge in [0.2, 0.25) is 0 Å². The van der Waals surface area contributed by atoms with Gasteiger partial charge in [-0.1, -0.05) is 107 Å². The Morgan fingerprint density at radius 2 is 1.53 bits per heavy atom. The highest BCUT2D eigenvalue weighted by atomic mass is 16.8. The molecule has 226 valence electrons. The van der Waals surface area contributed by atoms with Gasteiger partial charge in [-0.2, -0.15) is 0 Å². The lowest BCUT2D eigenvalue weighted by molar-refractivity contribution is -0.229. The first-order chi connectivity index (χ1) is 20.6. The first-order valence-corrected chi connectivity index (χ1v) is 15.4. The van der Waals surface area contributed by atoms with Crippen LogP contribution >= 0.6 is 0 Å². The normalized spacial score (nSPS) is 26.7. The Kier molecular flexibility index (Phi) is 8.31. The fraction of sp³-hybridized carbons (Fsp3) is 0.432. The van der Waals surface area contributed by atoms with Crippen molar-refractivity contribution in [2.75, 3.05) is 6.54 Å². The number of hydrogen-bond acceptors (Lipinski definition) is 6. The summed E-state index contributed by atoms with van der Waals surface area (Å²) in [5.41, 5.74) is 6.63. The number of aliphatic imine (C=N–C) groups is 1. The van der Waals surface area contributed by atoms with Crippen LogP contribution in [0.2, 0.25) is 0 Å². The average molecular weight is 582 g/mol. The molecule has 0 saturated carbocycles. The lowest BCUT2D eigenvalue weighted by atomic mass is 9.86. The molecule has 0 amide bonds. The van der Waals surface area contributed by atoms with Gasteiger partial charge >= 0.3 is 0 Å². The number of aryl methyl sites for hydroxylation is 1. The summed E-state index contributed by atoms with van der Waals surface area (Å²) in [6.07, 6.45) is 0.863. The van der Waals surface area contributed by atoms with E-state index < -0.39 is 30.4 Å². The summed E-state index contributed by atoms with van der Waals surface area (Å²) >= 11 is 0. The molecule has 6 rings (SSSR count). The Bertz CT molecular complexity index is 1450. The molecule has 0 aliphatic carbocycles. The zero-order chi connectivity index (χ0) is 30.2. The van der Waals surface area contributed by atoms with Crippen molar-refractivity contribution < 1.29 is 23.7 Å². The van der Waals surface area contributed by atoms with Gasteiger partial charge in [0, 0.05) is 11.6 Å². The summed E-state index contributed by atoms with van der Waals surface area (Å²) in [6, 6.07) is 27.4. The second kappa shape index (κ2) is 12.0. The zero-order valence-corrected chi connectivity index (χ0v) is 26.1. The van der Waals surface area contributed by atoms with Crippen LogP contribution < -0.4 is 0 Å². The maximum absolute atomic E-state index is 6.83. The number of benzene rings is 3. The molecule has 3 aromatic carbocycles. The van der Waals surface area contributed by atoms with Crippen molar-refractivity contribution in [1.82, 2.24) is 0 Å². The van der Waals surface area contributed by atoms with E-state index in [-0.39, 0.29) is 11.5 Å². The lowest BCUT2D eigenvalue weighted by Gasteiger charge is -2.31. The van der Waals surface area contributed by atoms with Gasteiger partial charge in [0.25, 0.3) is 0 Å². The SMILES string of the molecule is CCc1ccc(C2=NC[C@@H]([C@H]3O[C@@H]4OC(C)(C)O[C@@H]4[C@H]3OCc3ccccc3)OC(c3ccc(C(C)(C)C)cc3)=C2)cc1. The molecule has 3 aromatic rings. The van der Waals surface area contributed by atoms with Crippen LogP contribution in [0.1, 0.15) is 69.4 Å². The van der Waals surface area contributed by atoms with Gasteiger partial charge in [-0.25, -0.2) is 0 Å². The summed E-state index contributed by atoms with van der Waals surface area (Å²) in [5, 5.41) is 0. The summed E-state index contributed by atoms with van der Waals surface area (Å²) < 4.78 is 32.4. The van der Waals surface area contributed by atoms with Crippen molar-refractivity contribution in [2.24, 2.45) is 4.99 Å². The van der Waals surface area contributed by atoms with Gasteiger partial charge in [-0.3, -0.25) is 4.99 Å². The van der Waals surface area contributed by atoms with Crippen molar-refractivity contribution in [1.29, 1.82) is 0 Å². The van der Waals surface area contributed by atoms with Gasteiger partial charge < -0.3 is 23.7 Å². The van der Waals surface area contributed by atoms with E-state index in [1.165, 1.54) is 11.1 Å². The predicted octanol–water partition coefficient (Wildman–Crippen LogP) is 7.24. The molecule has 0 aromatic heterocycles. The molecular weight excluding hydrogens is 538 g/mol. The fourth-order valence-electron chi connectivity index (χ4n) is 5.89. The van der Waals surface area contributed by atoms with Crippen LogP contribution in [0, 0.1) is 0 Å². The molecule has 2 saturated heterocycles. The fourth-order valence-corrected chi connectivity index (χ4v) is 5.89. The van der Waals surface area contributed by atoms with Crippen molar-refractivity contribution in [3.8, 4) is 0 Å². The number of nitrogens with zero attached hydrogens (tertiary/aromatic N) is 1. The highest BCUT2D eigenvalue weighted by Crippen LogP contribution is 2.41. The third-order valence-corrected chi connectivity index (χ3v) is 8.36. The molecule has 3 aliphatic heterocycles. The lowest BCUT2D eigenvalue weighted by Crippen LogP contribution is -2.44. The standard InChI is InChI=1S/C37H43NO5/c1-7-24-13-15-26(16-14-24)29-21-30(27-17-19-28(20-18-27)36(2,3)4)40-31(22-38-29)32-33(39-23-25-11-9-8-10-12-25)34-35(41-32)43-37(5,6)42-34/h8-21,31-35H,7,22-23H2,1-6H3/t31-,32+,33-,34+,35+/m0/s1. The van der Waals surface area contributed by atoms with E-state index in [1.54, 1.807) is 0 Å². The Hall–Kier alpha value is -3.29. The molecule has 0 bridgehead atoms. The van der Waals surface area contributed by atoms with Crippen LogP contribution in [-0.2, 0) is 42.1 Å². The monoisotopic (exact) mass is 581 g/mol. The van der Waals surface area contributed by atoms with E-state index in [2.05, 4.69) is 94.4 Å². The van der Waals surface area contributed by atoms with Gasteiger partial charge in [0.15, 0.2) is 12.1 Å². The number of allylic oxidation sites excluding steroid dienone is 1. The summed E-state index contributed by atoms with van der Waals surface area (Å²) in [6.45, 7) is 13.5. The number of hydrogen-bond donors (Lipinski definition) is 0. The van der Waals surface area contributed by atoms with E-state index >= 15 is 0 Å². The highest BCUT2D eigenvalue weighted by Gasteiger charge is 2.58. The minimum atomic E-state index is -0.755. The minimum absolute atomic E-state index is 0.0555. The molecule has 3 aliphatic rings. The minimum Gasteiger partial charge on any atom is -0.485 e. The molecule has 3 heterocycles. The molecule has 0 unspecified atom stereocenters. The van der Waals surface area contributed by atoms with Gasteiger partial charge in [-0.15, -0.1) is 0 Å². The largest absolute Gasteiger partial charge is 0.485 e. The first kappa shape index (κ1) is 29.8. The van der Waals surface area contributed by atoms with E-state index in [4.69, 9.17) is 28.7 Å². The molecule has 2 fully saturated rings. The van der Waals surface area contributed by atoms with Gasteiger partial charge in [-0.05, 0) is 47.9 Å². The van der Waals surface area contributed by atoms with Gasteiger partial charge in [0.05, 0.1) is 18.9 Å². The van der Waals surface area contributed by atoms with Crippen LogP contribution in [0.15, 0.2) is 89.9 Å². The quantitative estimate of drug-likeness (QED) is 0.295. The van der Waals surface area contributed by atoms with Crippen LogP contribution in [0.5, 0.6) is 0 Å². The number of rotatable bonds is 7. The molecule has 5 atom stereocenters. The molecule has 6 nitrogen and oxygen atoms in total. The van der Waals surface area contributed by atoms with Crippen LogP contribution in [-0.4, -0.2) is 48.7 Å². The Morgan fingerprint density at radius 3 is 2.21 bits per heavy atom. The van der Waals surface area contributed by atoms with Crippen LogP contribution in [0.3, 0.4) is 0 Å². The molecule has 43 heavy (non-hydrogen) atoms. The summed E-state index contributed by atoms with van der Waals surface area (Å²) in [4.78, 5) is 5.08. The van der Waals surface area contributed by atoms with E-state index in [9.17, 15) is 0 Å². The third-order valence-electron chi connectivity index (χ3n) is 8.36. The van der Waals surface area contributed by atoms with Crippen LogP contribution in [0.4, 0.5) is 0 Å². The molecule has 0 radical (unpaired) electrons. The van der Waals surface area contributed by atoms with Crippen molar-refractivity contribution in [2.45, 2.75) is 96.5 Å². The van der Waals surface area contributed by atoms with E-state index in [0.717, 1.165) is 34.6 Å². The maximum atomic E-state index is 6.83. The van der Waals surface area contributed by atoms with E-state index in [1.807, 2.05) is 32.0 Å². The summed E-state index contributed by atoms with van der Waals surface area (Å²) in [7, 11) is 0. The van der Waals surface area contributed by atoms with Crippen molar-refractivity contribution >= 4 is 11.5 Å². The molecular formula is C37H43NO5. The summed E-state index contributed by atoms with van der Waals surface area (Å²) in [5.74, 6) is 0.000325. The highest BCUT2D eigenvalue weighted by molar-refractivity contribution is 6.12. The molecule has 0 N–H and O–H groups in total. The Morgan fingerprint density at radius 1 is 0.837 bits per heavy atom. The van der Waals surface area contributed by atoms with E-state index in [0.29, 0.717) is 13.2 Å². The first-order valence-electron chi connectivity index (χ1n) is 15.4. The second-order valence-corrected chi connectivity index (χ2v) is 13.1. The zero-order valence-electron chi connectivity index (χ0n) is 26.1. The van der Waals surface area contributed by atoms with Crippen molar-refractivity contribution in [3.63, 3.8) is 0 Å². The number of fused-ring (bicyclic) bond motifs is 1. The predicted molar refractivity (Wildman–Crippen MR) is 169 cm³/mol. The van der Waals surface area contributed by atoms with Crippen LogP contribution in [0.25, 0.3) is 5.76 Å².